The Kier molecular flexibility index (Phi) is 4.75. The predicted octanol–water partition coefficient (Wildman–Crippen LogP) is 2.60. The molecule has 1 aromatic carbocycles. The summed E-state index contributed by atoms with van der Waals surface area (Å²) < 4.78 is 42.8. The lowest BCUT2D eigenvalue weighted by atomic mass is 10.0. The van der Waals surface area contributed by atoms with Gasteiger partial charge in [0.05, 0.1) is 24.5 Å². The van der Waals surface area contributed by atoms with E-state index in [0.29, 0.717) is 6.08 Å². The van der Waals surface area contributed by atoms with Gasteiger partial charge in [-0.3, -0.25) is 0 Å². The first kappa shape index (κ1) is 15.6. The maximum absolute atomic E-state index is 12.6. The van der Waals surface area contributed by atoms with Crippen LogP contribution in [0.3, 0.4) is 0 Å². The third-order valence-corrected chi connectivity index (χ3v) is 2.48. The van der Waals surface area contributed by atoms with Gasteiger partial charge in [-0.1, -0.05) is 0 Å². The molecule has 1 rings (SSSR count). The molecule has 0 amide bonds. The van der Waals surface area contributed by atoms with Crippen molar-refractivity contribution in [2.75, 3.05) is 14.2 Å². The monoisotopic (exact) mass is 283 g/mol. The molecule has 0 radical (unpaired) electrons. The van der Waals surface area contributed by atoms with Crippen LogP contribution < -0.4 is 10.1 Å². The largest absolute Gasteiger partial charge is 0.496 e. The number of alkyl halides is 3. The molecule has 0 saturated heterocycles. The number of halogens is 3. The number of benzene rings is 1. The van der Waals surface area contributed by atoms with E-state index in [1.165, 1.54) is 25.3 Å². The van der Waals surface area contributed by atoms with Gasteiger partial charge in [-0.2, -0.15) is 18.4 Å². The van der Waals surface area contributed by atoms with E-state index in [1.54, 1.807) is 0 Å². The van der Waals surface area contributed by atoms with Gasteiger partial charge >= 0.3 is 6.18 Å². The van der Waals surface area contributed by atoms with Crippen molar-refractivity contribution in [1.29, 1.82) is 10.7 Å². The van der Waals surface area contributed by atoms with E-state index < -0.39 is 17.6 Å². The fourth-order valence-electron chi connectivity index (χ4n) is 1.51. The molecule has 7 heteroatoms. The van der Waals surface area contributed by atoms with E-state index in [1.807, 2.05) is 11.4 Å². The standard InChI is InChI=1S/C13H12F3N3O/c1-19-12(13(14,15)16)6-10(18)9-5-8(7-17)3-4-11(9)20-2/h3-6,18-19H,1-2H3/b12-6-,18-10?. The van der Waals surface area contributed by atoms with Crippen molar-refractivity contribution < 1.29 is 17.9 Å². The summed E-state index contributed by atoms with van der Waals surface area (Å²) in [4.78, 5) is 0. The predicted molar refractivity (Wildman–Crippen MR) is 67.7 cm³/mol. The third-order valence-electron chi connectivity index (χ3n) is 2.48. The Morgan fingerprint density at radius 3 is 2.55 bits per heavy atom. The van der Waals surface area contributed by atoms with Crippen molar-refractivity contribution in [1.82, 2.24) is 5.32 Å². The summed E-state index contributed by atoms with van der Waals surface area (Å²) in [5.74, 6) is 0.225. The van der Waals surface area contributed by atoms with E-state index in [-0.39, 0.29) is 16.9 Å². The zero-order valence-electron chi connectivity index (χ0n) is 10.8. The van der Waals surface area contributed by atoms with Gasteiger partial charge in [-0.25, -0.2) is 0 Å². The first-order valence-corrected chi connectivity index (χ1v) is 5.47. The fraction of sp³-hybridized carbons (Fsp3) is 0.231. The minimum atomic E-state index is -4.58. The van der Waals surface area contributed by atoms with Crippen LogP contribution in [-0.2, 0) is 0 Å². The summed E-state index contributed by atoms with van der Waals surface area (Å²) in [6.45, 7) is 0. The summed E-state index contributed by atoms with van der Waals surface area (Å²) in [6, 6.07) is 6.06. The summed E-state index contributed by atoms with van der Waals surface area (Å²) in [6.07, 6.45) is -3.93. The van der Waals surface area contributed by atoms with Crippen LogP contribution in [0, 0.1) is 16.7 Å². The molecule has 0 heterocycles. The van der Waals surface area contributed by atoms with Gasteiger partial charge in [0.2, 0.25) is 0 Å². The fourth-order valence-corrected chi connectivity index (χ4v) is 1.51. The summed E-state index contributed by atoms with van der Waals surface area (Å²) in [7, 11) is 2.46. The molecule has 1 aromatic rings. The molecule has 0 spiro atoms. The molecule has 2 N–H and O–H groups in total. The highest BCUT2D eigenvalue weighted by atomic mass is 19.4. The molecular formula is C13H12F3N3O. The SMILES string of the molecule is CN/C(=C\C(=N)c1cc(C#N)ccc1OC)C(F)(F)F. The molecule has 4 nitrogen and oxygen atoms in total. The lowest BCUT2D eigenvalue weighted by molar-refractivity contribution is -0.0958. The molecule has 0 bridgehead atoms. The highest BCUT2D eigenvalue weighted by Crippen LogP contribution is 2.25. The molecule has 0 aliphatic carbocycles. The normalized spacial score (nSPS) is 11.7. The Morgan fingerprint density at radius 1 is 1.45 bits per heavy atom. The second-order valence-corrected chi connectivity index (χ2v) is 3.75. The van der Waals surface area contributed by atoms with E-state index >= 15 is 0 Å². The van der Waals surface area contributed by atoms with E-state index in [9.17, 15) is 13.2 Å². The molecule has 0 aliphatic rings. The number of ether oxygens (including phenoxy) is 1. The van der Waals surface area contributed by atoms with Crippen molar-refractivity contribution in [3.8, 4) is 11.8 Å². The van der Waals surface area contributed by atoms with Crippen LogP contribution in [-0.4, -0.2) is 26.0 Å². The summed E-state index contributed by atoms with van der Waals surface area (Å²) >= 11 is 0. The maximum atomic E-state index is 12.6. The minimum absolute atomic E-state index is 0.114. The molecule has 0 unspecified atom stereocenters. The van der Waals surface area contributed by atoms with Gasteiger partial charge in [0, 0.05) is 12.6 Å². The summed E-state index contributed by atoms with van der Waals surface area (Å²) in [5.41, 5.74) is -1.10. The molecule has 106 valence electrons. The first-order chi connectivity index (χ1) is 9.33. The number of rotatable bonds is 4. The van der Waals surface area contributed by atoms with Crippen molar-refractivity contribution in [3.05, 3.63) is 41.1 Å². The summed E-state index contributed by atoms with van der Waals surface area (Å²) in [5, 5.41) is 18.5. The minimum Gasteiger partial charge on any atom is -0.496 e. The molecule has 0 saturated carbocycles. The Bertz CT molecular complexity index is 586. The quantitative estimate of drug-likeness (QED) is 0.834. The Morgan fingerprint density at radius 2 is 2.10 bits per heavy atom. The van der Waals surface area contributed by atoms with Crippen LogP contribution in [0.15, 0.2) is 30.0 Å². The Balaban J connectivity index is 3.27. The third kappa shape index (κ3) is 3.51. The van der Waals surface area contributed by atoms with Crippen molar-refractivity contribution in [2.45, 2.75) is 6.18 Å². The lowest BCUT2D eigenvalue weighted by Crippen LogP contribution is -2.24. The highest BCUT2D eigenvalue weighted by molar-refractivity contribution is 6.09. The second-order valence-electron chi connectivity index (χ2n) is 3.75. The molecule has 0 aliphatic heterocycles. The maximum Gasteiger partial charge on any atom is 0.430 e. The number of nitrogens with zero attached hydrogens (tertiary/aromatic N) is 1. The van der Waals surface area contributed by atoms with Crippen LogP contribution in [0.25, 0.3) is 0 Å². The zero-order valence-corrected chi connectivity index (χ0v) is 10.8. The smallest absolute Gasteiger partial charge is 0.430 e. The van der Waals surface area contributed by atoms with Crippen LogP contribution >= 0.6 is 0 Å². The average molecular weight is 283 g/mol. The second kappa shape index (κ2) is 6.10. The van der Waals surface area contributed by atoms with Crippen LogP contribution in [0.2, 0.25) is 0 Å². The van der Waals surface area contributed by atoms with Crippen molar-refractivity contribution >= 4 is 5.71 Å². The molecule has 20 heavy (non-hydrogen) atoms. The number of nitriles is 1. The van der Waals surface area contributed by atoms with E-state index in [2.05, 4.69) is 0 Å². The number of nitrogens with one attached hydrogen (secondary N) is 2. The van der Waals surface area contributed by atoms with Gasteiger partial charge in [0.1, 0.15) is 11.4 Å². The van der Waals surface area contributed by atoms with Gasteiger partial charge in [0.15, 0.2) is 0 Å². The van der Waals surface area contributed by atoms with Gasteiger partial charge in [-0.05, 0) is 24.3 Å². The van der Waals surface area contributed by atoms with E-state index in [0.717, 1.165) is 7.05 Å². The lowest BCUT2D eigenvalue weighted by Gasteiger charge is -2.12. The Labute approximate surface area is 114 Å². The topological polar surface area (TPSA) is 68.9 Å². The van der Waals surface area contributed by atoms with E-state index in [4.69, 9.17) is 15.4 Å². The number of hydrogen-bond donors (Lipinski definition) is 2. The molecule has 0 fully saturated rings. The van der Waals surface area contributed by atoms with Gasteiger partial charge < -0.3 is 15.5 Å². The van der Waals surface area contributed by atoms with Gasteiger partial charge in [-0.15, -0.1) is 0 Å². The molecule has 0 atom stereocenters. The molecule has 0 aromatic heterocycles. The molecular weight excluding hydrogens is 271 g/mol. The number of methoxy groups -OCH3 is 1. The average Bonchev–Trinajstić information content (AvgIpc) is 2.42. The first-order valence-electron chi connectivity index (χ1n) is 5.47. The zero-order chi connectivity index (χ0) is 15.3. The van der Waals surface area contributed by atoms with Gasteiger partial charge in [0.25, 0.3) is 0 Å². The Hall–Kier alpha value is -2.49. The van der Waals surface area contributed by atoms with Crippen LogP contribution in [0.4, 0.5) is 13.2 Å². The van der Waals surface area contributed by atoms with Crippen molar-refractivity contribution in [3.63, 3.8) is 0 Å². The van der Waals surface area contributed by atoms with Crippen LogP contribution in [0.1, 0.15) is 11.1 Å². The van der Waals surface area contributed by atoms with Crippen molar-refractivity contribution in [2.24, 2.45) is 0 Å². The van der Waals surface area contributed by atoms with Crippen LogP contribution in [0.5, 0.6) is 5.75 Å². The number of allylic oxidation sites excluding steroid dienone is 2. The highest BCUT2D eigenvalue weighted by Gasteiger charge is 2.33. The number of hydrogen-bond acceptors (Lipinski definition) is 4.